The van der Waals surface area contributed by atoms with Crippen molar-refractivity contribution >= 4 is 11.9 Å². The number of hydrogen-bond donors (Lipinski definition) is 2. The number of halogens is 6. The van der Waals surface area contributed by atoms with Gasteiger partial charge in [0, 0.05) is 12.8 Å². The molecule has 2 aliphatic carbocycles. The number of alkyl halides is 6. The third kappa shape index (κ3) is 2.52. The van der Waals surface area contributed by atoms with Crippen LogP contribution in [0.25, 0.3) is 0 Å². The van der Waals surface area contributed by atoms with Crippen LogP contribution in [0.15, 0.2) is 0 Å². The van der Waals surface area contributed by atoms with Crippen LogP contribution in [0, 0.1) is 22.7 Å². The highest BCUT2D eigenvalue weighted by atomic mass is 19.4. The zero-order valence-electron chi connectivity index (χ0n) is 11.1. The van der Waals surface area contributed by atoms with Crippen LogP contribution in [0.4, 0.5) is 26.3 Å². The lowest BCUT2D eigenvalue weighted by Gasteiger charge is -2.24. The second-order valence-electron chi connectivity index (χ2n) is 6.05. The van der Waals surface area contributed by atoms with E-state index >= 15 is 0 Å². The maximum atomic E-state index is 12.5. The van der Waals surface area contributed by atoms with Crippen molar-refractivity contribution in [2.75, 3.05) is 0 Å². The summed E-state index contributed by atoms with van der Waals surface area (Å²) >= 11 is 0. The van der Waals surface area contributed by atoms with Gasteiger partial charge in [-0.15, -0.1) is 0 Å². The fourth-order valence-corrected chi connectivity index (χ4v) is 3.78. The van der Waals surface area contributed by atoms with Crippen molar-refractivity contribution in [1.82, 2.24) is 0 Å². The number of nitrogens with two attached hydrogens (primary N) is 1. The van der Waals surface area contributed by atoms with Crippen molar-refractivity contribution in [3.05, 3.63) is 0 Å². The summed E-state index contributed by atoms with van der Waals surface area (Å²) in [4.78, 5) is 23.0. The first kappa shape index (κ1) is 16.9. The molecule has 0 spiro atoms. The quantitative estimate of drug-likeness (QED) is 0.759. The van der Waals surface area contributed by atoms with Gasteiger partial charge in [0.05, 0.1) is 10.8 Å². The maximum absolute atomic E-state index is 12.5. The molecule has 3 N–H and O–H groups in total. The summed E-state index contributed by atoms with van der Waals surface area (Å²) in [7, 11) is 0. The molecule has 0 saturated heterocycles. The molecular weight excluding hydrogens is 320 g/mol. The number of primary amides is 1. The SMILES string of the molecule is NC(=O)C1(C2(C(=O)O)C[C@H]2CC(F)(F)F)C[C@H]1CC(F)(F)F. The van der Waals surface area contributed by atoms with Gasteiger partial charge in [-0.05, 0) is 24.7 Å². The van der Waals surface area contributed by atoms with Crippen LogP contribution in [0.3, 0.4) is 0 Å². The Labute approximate surface area is 120 Å². The molecule has 2 fully saturated rings. The molecular formula is C12H13F6NO3. The second kappa shape index (κ2) is 4.51. The number of amides is 1. The van der Waals surface area contributed by atoms with Gasteiger partial charge in [-0.25, -0.2) is 0 Å². The van der Waals surface area contributed by atoms with E-state index in [1.54, 1.807) is 0 Å². The van der Waals surface area contributed by atoms with E-state index in [0.717, 1.165) is 0 Å². The fraction of sp³-hybridized carbons (Fsp3) is 0.833. The Morgan fingerprint density at radius 2 is 1.32 bits per heavy atom. The van der Waals surface area contributed by atoms with Gasteiger partial charge in [0.1, 0.15) is 0 Å². The molecule has 2 aliphatic rings. The molecule has 2 unspecified atom stereocenters. The highest BCUT2D eigenvalue weighted by Crippen LogP contribution is 2.78. The largest absolute Gasteiger partial charge is 0.481 e. The molecule has 0 heterocycles. The maximum Gasteiger partial charge on any atom is 0.389 e. The van der Waals surface area contributed by atoms with Gasteiger partial charge in [-0.2, -0.15) is 26.3 Å². The first-order valence-corrected chi connectivity index (χ1v) is 6.43. The molecule has 0 bridgehead atoms. The minimum Gasteiger partial charge on any atom is -0.481 e. The topological polar surface area (TPSA) is 80.4 Å². The van der Waals surface area contributed by atoms with Crippen LogP contribution < -0.4 is 5.73 Å². The van der Waals surface area contributed by atoms with E-state index in [-0.39, 0.29) is 0 Å². The molecule has 0 aromatic carbocycles. The van der Waals surface area contributed by atoms with E-state index in [1.807, 2.05) is 0 Å². The van der Waals surface area contributed by atoms with Crippen molar-refractivity contribution in [2.45, 2.75) is 38.0 Å². The summed E-state index contributed by atoms with van der Waals surface area (Å²) in [6.07, 6.45) is -13.1. The molecule has 2 saturated carbocycles. The Hall–Kier alpha value is -1.48. The van der Waals surface area contributed by atoms with Gasteiger partial charge in [0.15, 0.2) is 0 Å². The van der Waals surface area contributed by atoms with Crippen LogP contribution >= 0.6 is 0 Å². The zero-order chi connectivity index (χ0) is 17.1. The summed E-state index contributed by atoms with van der Waals surface area (Å²) < 4.78 is 74.7. The summed E-state index contributed by atoms with van der Waals surface area (Å²) in [5.74, 6) is -5.76. The number of hydrogen-bond acceptors (Lipinski definition) is 2. The molecule has 126 valence electrons. The van der Waals surface area contributed by atoms with Gasteiger partial charge >= 0.3 is 18.3 Å². The summed E-state index contributed by atoms with van der Waals surface area (Å²) in [5.41, 5.74) is 0.909. The lowest BCUT2D eigenvalue weighted by molar-refractivity contribution is -0.161. The van der Waals surface area contributed by atoms with E-state index in [0.29, 0.717) is 0 Å². The average Bonchev–Trinajstić information content (AvgIpc) is 3.09. The van der Waals surface area contributed by atoms with Gasteiger partial charge in [0.25, 0.3) is 0 Å². The van der Waals surface area contributed by atoms with Crippen molar-refractivity contribution in [3.63, 3.8) is 0 Å². The predicted octanol–water partition coefficient (Wildman–Crippen LogP) is 2.47. The Morgan fingerprint density at radius 1 is 0.955 bits per heavy atom. The molecule has 1 amide bonds. The monoisotopic (exact) mass is 333 g/mol. The Morgan fingerprint density at radius 3 is 1.64 bits per heavy atom. The molecule has 10 heteroatoms. The molecule has 22 heavy (non-hydrogen) atoms. The molecule has 0 radical (unpaired) electrons. The normalized spacial score (nSPS) is 37.7. The van der Waals surface area contributed by atoms with Gasteiger partial charge in [-0.1, -0.05) is 0 Å². The van der Waals surface area contributed by atoms with E-state index in [4.69, 9.17) is 5.73 Å². The average molecular weight is 333 g/mol. The lowest BCUT2D eigenvalue weighted by Crippen LogP contribution is -2.41. The molecule has 0 aromatic rings. The van der Waals surface area contributed by atoms with Gasteiger partial charge < -0.3 is 10.8 Å². The Bertz CT molecular complexity index is 470. The zero-order valence-corrected chi connectivity index (χ0v) is 11.1. The van der Waals surface area contributed by atoms with Crippen LogP contribution in [-0.2, 0) is 9.59 Å². The highest BCUT2D eigenvalue weighted by Gasteiger charge is 2.83. The summed E-state index contributed by atoms with van der Waals surface area (Å²) in [6, 6.07) is 0. The summed E-state index contributed by atoms with van der Waals surface area (Å²) in [6.45, 7) is 0. The van der Waals surface area contributed by atoms with E-state index in [1.165, 1.54) is 0 Å². The predicted molar refractivity (Wildman–Crippen MR) is 59.3 cm³/mol. The van der Waals surface area contributed by atoms with Gasteiger partial charge in [-0.3, -0.25) is 9.59 Å². The summed E-state index contributed by atoms with van der Waals surface area (Å²) in [5, 5.41) is 9.26. The van der Waals surface area contributed by atoms with E-state index in [2.05, 4.69) is 0 Å². The first-order valence-electron chi connectivity index (χ1n) is 6.43. The van der Waals surface area contributed by atoms with Gasteiger partial charge in [0.2, 0.25) is 5.91 Å². The fourth-order valence-electron chi connectivity index (χ4n) is 3.78. The van der Waals surface area contributed by atoms with Crippen LogP contribution in [0.2, 0.25) is 0 Å². The number of carbonyl (C=O) groups is 2. The number of carboxylic acid groups (broad SMARTS) is 1. The molecule has 2 rings (SSSR count). The molecule has 4 atom stereocenters. The minimum absolute atomic E-state index is 0.442. The number of rotatable bonds is 5. The Balaban J connectivity index is 2.29. The van der Waals surface area contributed by atoms with E-state index < -0.39 is 72.6 Å². The lowest BCUT2D eigenvalue weighted by atomic mass is 9.79. The molecule has 4 nitrogen and oxygen atoms in total. The smallest absolute Gasteiger partial charge is 0.389 e. The van der Waals surface area contributed by atoms with Crippen LogP contribution in [0.5, 0.6) is 0 Å². The first-order chi connectivity index (χ1) is 9.76. The number of carbonyl (C=O) groups excluding carboxylic acids is 1. The van der Waals surface area contributed by atoms with E-state index in [9.17, 15) is 41.0 Å². The van der Waals surface area contributed by atoms with Crippen molar-refractivity contribution in [2.24, 2.45) is 28.4 Å². The second-order valence-corrected chi connectivity index (χ2v) is 6.05. The minimum atomic E-state index is -4.66. The highest BCUT2D eigenvalue weighted by molar-refractivity contribution is 5.95. The standard InChI is InChI=1S/C12H13F6NO3/c13-11(14,15)3-5-1-9(5,7(19)20)10(8(21)22)2-6(10)4-12(16,17)18/h5-6H,1-4H2,(H2,19,20)(H,21,22)/t5-,6-,9?,10?/m0/s1. The number of aliphatic carboxylic acids is 1. The third-order valence-electron chi connectivity index (χ3n) is 4.78. The van der Waals surface area contributed by atoms with Crippen molar-refractivity contribution in [3.8, 4) is 0 Å². The van der Waals surface area contributed by atoms with Crippen LogP contribution in [-0.4, -0.2) is 29.3 Å². The Kier molecular flexibility index (Phi) is 3.46. The third-order valence-corrected chi connectivity index (χ3v) is 4.78. The van der Waals surface area contributed by atoms with Crippen LogP contribution in [0.1, 0.15) is 25.7 Å². The van der Waals surface area contributed by atoms with Crippen molar-refractivity contribution in [1.29, 1.82) is 0 Å². The molecule has 0 aliphatic heterocycles. The van der Waals surface area contributed by atoms with Crippen molar-refractivity contribution < 1.29 is 41.0 Å². The molecule has 0 aromatic heterocycles. The number of carboxylic acids is 1.